The summed E-state index contributed by atoms with van der Waals surface area (Å²) >= 11 is 11.6. The van der Waals surface area contributed by atoms with Gasteiger partial charge in [-0.15, -0.1) is 0 Å². The normalized spacial score (nSPS) is 12.4. The van der Waals surface area contributed by atoms with Crippen LogP contribution in [0.1, 0.15) is 49.9 Å². The maximum atomic E-state index is 11.7. The van der Waals surface area contributed by atoms with Crippen molar-refractivity contribution in [1.82, 2.24) is 25.3 Å². The average molecular weight is 698 g/mol. The van der Waals surface area contributed by atoms with Crippen LogP contribution in [0.25, 0.3) is 0 Å². The standard InChI is InChI=1S/2C12H19N3O3S2.Zn/c2*16-11(3-1-2-4-20-8-19)15-10(12(17)18)5-9-6-13-7-14-9;/h2*6-7,10,19H,1-5,8H2,(H,13,14)(H,15,16)(H,17,18);/q;;+2/p-2/t2*10-;/m00./s1. The molecule has 4 N–H and O–H groups in total. The summed E-state index contributed by atoms with van der Waals surface area (Å²) in [7, 11) is 0. The van der Waals surface area contributed by atoms with E-state index in [1.54, 1.807) is 29.7 Å². The van der Waals surface area contributed by atoms with Gasteiger partial charge in [-0.2, -0.15) is 48.8 Å². The third-order valence-corrected chi connectivity index (χ3v) is 7.82. The molecule has 17 heteroatoms. The Morgan fingerprint density at radius 2 is 1.46 bits per heavy atom. The molecule has 2 atom stereocenters. The van der Waals surface area contributed by atoms with Crippen LogP contribution in [0.2, 0.25) is 0 Å². The molecular weight excluding hydrogens is 662 g/mol. The van der Waals surface area contributed by atoms with Crippen molar-refractivity contribution < 1.29 is 49.2 Å². The van der Waals surface area contributed by atoms with E-state index in [2.05, 4.69) is 55.5 Å². The molecule has 2 aromatic rings. The first-order chi connectivity index (χ1) is 19.3. The third-order valence-electron chi connectivity index (χ3n) is 5.21. The van der Waals surface area contributed by atoms with Crippen LogP contribution in [-0.4, -0.2) is 82.5 Å². The summed E-state index contributed by atoms with van der Waals surface area (Å²) in [5.41, 5.74) is 1.30. The molecule has 0 fully saturated rings. The largest absolute Gasteiger partial charge is 2.00 e. The number of unbranched alkanes of at least 4 members (excludes halogenated alkanes) is 2. The van der Waals surface area contributed by atoms with E-state index < -0.39 is 29.9 Å². The van der Waals surface area contributed by atoms with E-state index in [1.807, 2.05) is 0 Å². The van der Waals surface area contributed by atoms with Gasteiger partial charge in [0.25, 0.3) is 0 Å². The van der Waals surface area contributed by atoms with Crippen LogP contribution in [0.5, 0.6) is 0 Å². The number of rotatable bonds is 20. The number of carboxylic acid groups (broad SMARTS) is 2. The zero-order valence-corrected chi connectivity index (χ0v) is 29.1. The fourth-order valence-corrected chi connectivity index (χ4v) is 5.06. The number of carbonyl (C=O) groups excluding carboxylic acids is 2. The summed E-state index contributed by atoms with van der Waals surface area (Å²) in [4.78, 5) is 50.7. The summed E-state index contributed by atoms with van der Waals surface area (Å²) in [6, 6.07) is -2.08. The Morgan fingerprint density at radius 3 is 1.93 bits per heavy atom. The predicted molar refractivity (Wildman–Crippen MR) is 161 cm³/mol. The number of hydrogen-bond donors (Lipinski definition) is 6. The number of carboxylic acids is 2. The number of thiol groups is 2. The SMILES string of the molecule is O=C(CCCCSCS)N[C@@H](Cc1cnc[nH]1)C(=O)O.O=C([O-])[C@H](Cc1cnc[nH]1)N=C([O-])CCCCSCS.[Zn+2]. The molecule has 0 aliphatic carbocycles. The number of nitrogens with one attached hydrogen (secondary N) is 3. The molecule has 2 aromatic heterocycles. The van der Waals surface area contributed by atoms with Crippen molar-refractivity contribution in [2.45, 2.75) is 63.5 Å². The van der Waals surface area contributed by atoms with Crippen molar-refractivity contribution >= 4 is 72.5 Å². The number of nitrogens with zero attached hydrogens (tertiary/aromatic N) is 3. The summed E-state index contributed by atoms with van der Waals surface area (Å²) in [5.74, 6) is -1.11. The van der Waals surface area contributed by atoms with Crippen LogP contribution >= 0.6 is 48.8 Å². The second kappa shape index (κ2) is 24.9. The Labute approximate surface area is 272 Å². The van der Waals surface area contributed by atoms with Gasteiger partial charge in [-0.3, -0.25) is 9.79 Å². The average Bonchev–Trinajstić information content (AvgIpc) is 3.62. The van der Waals surface area contributed by atoms with Crippen molar-refractivity contribution in [3.05, 3.63) is 36.4 Å². The first kappa shape index (κ1) is 39.3. The van der Waals surface area contributed by atoms with Crippen LogP contribution in [-0.2, 0) is 46.7 Å². The van der Waals surface area contributed by atoms with E-state index >= 15 is 0 Å². The Hall–Kier alpha value is -1.68. The van der Waals surface area contributed by atoms with Crippen LogP contribution < -0.4 is 15.5 Å². The van der Waals surface area contributed by atoms with Gasteiger partial charge in [-0.05, 0) is 49.5 Å². The van der Waals surface area contributed by atoms with Crippen molar-refractivity contribution in [3.8, 4) is 0 Å². The van der Waals surface area contributed by atoms with Gasteiger partial charge in [0, 0.05) is 53.2 Å². The minimum absolute atomic E-state index is 0. The number of aliphatic imine (C=N–C) groups is 1. The Bertz CT molecular complexity index is 1000. The number of thioether (sulfide) groups is 2. The molecule has 0 aliphatic heterocycles. The Balaban J connectivity index is 0.000000762. The Morgan fingerprint density at radius 1 is 0.927 bits per heavy atom. The second-order valence-electron chi connectivity index (χ2n) is 8.37. The van der Waals surface area contributed by atoms with Crippen LogP contribution in [0.3, 0.4) is 0 Å². The summed E-state index contributed by atoms with van der Waals surface area (Å²) < 4.78 is 0. The maximum absolute atomic E-state index is 11.7. The van der Waals surface area contributed by atoms with Crippen LogP contribution in [0, 0.1) is 0 Å². The van der Waals surface area contributed by atoms with Gasteiger partial charge < -0.3 is 35.4 Å². The third kappa shape index (κ3) is 20.0. The molecule has 2 heterocycles. The summed E-state index contributed by atoms with van der Waals surface area (Å²) in [5, 5.41) is 35.8. The molecule has 0 radical (unpaired) electrons. The number of aliphatic carboxylic acids is 2. The van der Waals surface area contributed by atoms with Crippen molar-refractivity contribution in [2.24, 2.45) is 4.99 Å². The fraction of sp³-hybridized carbons (Fsp3) is 0.583. The summed E-state index contributed by atoms with van der Waals surface area (Å²) in [6.45, 7) is 0. The number of amides is 1. The van der Waals surface area contributed by atoms with E-state index in [0.29, 0.717) is 24.2 Å². The zero-order valence-electron chi connectivity index (χ0n) is 22.7. The van der Waals surface area contributed by atoms with E-state index in [1.165, 1.54) is 18.9 Å². The van der Waals surface area contributed by atoms with Gasteiger partial charge in [-0.25, -0.2) is 14.8 Å². The number of hydrogen-bond acceptors (Lipinski definition) is 12. The van der Waals surface area contributed by atoms with E-state index in [4.69, 9.17) is 5.11 Å². The van der Waals surface area contributed by atoms with Gasteiger partial charge in [0.05, 0.1) is 24.7 Å². The molecule has 0 aliphatic rings. The topological polar surface area (TPSA) is 199 Å². The monoisotopic (exact) mass is 696 g/mol. The van der Waals surface area contributed by atoms with Crippen molar-refractivity contribution in [1.29, 1.82) is 0 Å². The van der Waals surface area contributed by atoms with Gasteiger partial charge in [0.15, 0.2) is 0 Å². The molecule has 0 spiro atoms. The van der Waals surface area contributed by atoms with Gasteiger partial charge in [-0.1, -0.05) is 0 Å². The van der Waals surface area contributed by atoms with Crippen molar-refractivity contribution in [2.75, 3.05) is 21.7 Å². The minimum atomic E-state index is -1.35. The van der Waals surface area contributed by atoms with E-state index in [9.17, 15) is 24.6 Å². The molecule has 1 amide bonds. The van der Waals surface area contributed by atoms with Gasteiger partial charge >= 0.3 is 25.4 Å². The van der Waals surface area contributed by atoms with E-state index in [-0.39, 0.29) is 44.6 Å². The number of aromatic nitrogens is 4. The maximum Gasteiger partial charge on any atom is 2.00 e. The van der Waals surface area contributed by atoms with Crippen LogP contribution in [0.15, 0.2) is 30.0 Å². The molecular formula is C24H36N6O6S4Zn. The molecule has 0 saturated carbocycles. The smallest absolute Gasteiger partial charge is 0.862 e. The number of imidazole rings is 2. The molecule has 2 rings (SSSR count). The minimum Gasteiger partial charge on any atom is -0.862 e. The van der Waals surface area contributed by atoms with Crippen molar-refractivity contribution in [3.63, 3.8) is 0 Å². The zero-order chi connectivity index (χ0) is 29.6. The van der Waals surface area contributed by atoms with Gasteiger partial charge in [0.2, 0.25) is 5.91 Å². The number of aromatic amines is 2. The Kier molecular flexibility index (Phi) is 23.9. The number of H-pyrrole nitrogens is 2. The second-order valence-corrected chi connectivity index (χ2v) is 12.1. The number of carbonyl (C=O) groups is 3. The molecule has 12 nitrogen and oxygen atoms in total. The molecule has 0 saturated heterocycles. The van der Waals surface area contributed by atoms with Gasteiger partial charge in [0.1, 0.15) is 6.04 Å². The first-order valence-electron chi connectivity index (χ1n) is 12.5. The molecule has 0 bridgehead atoms. The fourth-order valence-electron chi connectivity index (χ4n) is 3.21. The molecule has 41 heavy (non-hydrogen) atoms. The molecule has 224 valence electrons. The molecule has 0 unspecified atom stereocenters. The first-order valence-corrected chi connectivity index (χ1v) is 16.1. The summed E-state index contributed by atoms with van der Waals surface area (Å²) in [6.07, 6.45) is 10.2. The molecule has 0 aromatic carbocycles. The quantitative estimate of drug-likeness (QED) is 0.0289. The van der Waals surface area contributed by atoms with Crippen LogP contribution in [0.4, 0.5) is 0 Å². The predicted octanol–water partition coefficient (Wildman–Crippen LogP) is 0.930. The van der Waals surface area contributed by atoms with E-state index in [0.717, 1.165) is 40.9 Å².